The normalized spacial score (nSPS) is 16.5. The van der Waals surface area contributed by atoms with Crippen molar-refractivity contribution in [3.8, 4) is 5.75 Å². The number of amides is 1. The number of ether oxygens (including phenoxy) is 1. The lowest BCUT2D eigenvalue weighted by molar-refractivity contribution is -0.262. The molecule has 35 heavy (non-hydrogen) atoms. The van der Waals surface area contributed by atoms with E-state index in [9.17, 15) is 27.9 Å². The molecule has 0 aromatic heterocycles. The summed E-state index contributed by atoms with van der Waals surface area (Å²) in [5.74, 6) is -1.71. The Hall–Kier alpha value is -2.78. The number of hydrogen-bond acceptors (Lipinski definition) is 4. The van der Waals surface area contributed by atoms with Gasteiger partial charge in [0.25, 0.3) is 11.5 Å². The summed E-state index contributed by atoms with van der Waals surface area (Å²) in [6, 6.07) is 10.8. The summed E-state index contributed by atoms with van der Waals surface area (Å²) in [5, 5.41) is 19.6. The fourth-order valence-electron chi connectivity index (χ4n) is 4.23. The molecule has 6 nitrogen and oxygen atoms in total. The van der Waals surface area contributed by atoms with Crippen LogP contribution in [-0.4, -0.2) is 52.9 Å². The van der Waals surface area contributed by atoms with Crippen LogP contribution in [-0.2, 0) is 10.4 Å². The van der Waals surface area contributed by atoms with Crippen molar-refractivity contribution in [2.45, 2.75) is 43.9 Å². The van der Waals surface area contributed by atoms with Gasteiger partial charge in [-0.3, -0.25) is 4.79 Å². The Morgan fingerprint density at radius 1 is 1.06 bits per heavy atom. The summed E-state index contributed by atoms with van der Waals surface area (Å²) in [4.78, 5) is 24.9. The minimum atomic E-state index is -5.14. The molecule has 0 aliphatic carbocycles. The van der Waals surface area contributed by atoms with E-state index in [1.807, 2.05) is 0 Å². The Kier molecular flexibility index (Phi) is 8.66. The summed E-state index contributed by atoms with van der Waals surface area (Å²) in [7, 11) is 0. The number of carbonyl (C=O) groups excluding carboxylic acids is 1. The van der Waals surface area contributed by atoms with E-state index in [-0.39, 0.29) is 29.6 Å². The molecule has 0 bridgehead atoms. The second-order valence-corrected chi connectivity index (χ2v) is 9.01. The number of carbonyl (C=O) groups is 2. The zero-order valence-corrected chi connectivity index (χ0v) is 19.7. The molecule has 1 amide bonds. The molecule has 1 aliphatic heterocycles. The number of benzene rings is 2. The quantitative estimate of drug-likeness (QED) is 0.446. The molecule has 1 aliphatic rings. The molecule has 0 spiro atoms. The SMILES string of the molecule is O=C(O)c1ccc(OCCCCC2CCN(C(=O)[C@](O)(c3ccccc3)C(F)(F)F)CC2)cc1Cl. The minimum Gasteiger partial charge on any atom is -0.494 e. The number of alkyl halides is 3. The highest BCUT2D eigenvalue weighted by Gasteiger charge is 2.62. The predicted molar refractivity (Wildman–Crippen MR) is 123 cm³/mol. The van der Waals surface area contributed by atoms with Crippen LogP contribution in [0.2, 0.25) is 5.02 Å². The second kappa shape index (κ2) is 11.3. The molecule has 2 aromatic rings. The number of aliphatic hydroxyl groups is 1. The number of likely N-dealkylation sites (tertiary alicyclic amines) is 1. The first kappa shape index (κ1) is 26.8. The van der Waals surface area contributed by atoms with Crippen LogP contribution in [0, 0.1) is 5.92 Å². The van der Waals surface area contributed by atoms with Crippen molar-refractivity contribution in [3.05, 3.63) is 64.7 Å². The van der Waals surface area contributed by atoms with E-state index in [0.29, 0.717) is 25.2 Å². The Bertz CT molecular complexity index is 1030. The van der Waals surface area contributed by atoms with Gasteiger partial charge in [-0.15, -0.1) is 0 Å². The maximum absolute atomic E-state index is 13.8. The third-order valence-corrected chi connectivity index (χ3v) is 6.57. The molecule has 1 heterocycles. The van der Waals surface area contributed by atoms with Gasteiger partial charge in [0.15, 0.2) is 0 Å². The van der Waals surface area contributed by atoms with Crippen molar-refractivity contribution in [2.75, 3.05) is 19.7 Å². The molecule has 2 aromatic carbocycles. The van der Waals surface area contributed by atoms with Crippen molar-refractivity contribution in [1.82, 2.24) is 4.90 Å². The number of aromatic carboxylic acids is 1. The average Bonchev–Trinajstić information content (AvgIpc) is 2.83. The second-order valence-electron chi connectivity index (χ2n) is 8.60. The predicted octanol–water partition coefficient (Wildman–Crippen LogP) is 5.28. The van der Waals surface area contributed by atoms with Gasteiger partial charge in [-0.25, -0.2) is 4.79 Å². The van der Waals surface area contributed by atoms with Crippen LogP contribution in [0.3, 0.4) is 0 Å². The van der Waals surface area contributed by atoms with Crippen LogP contribution in [0.4, 0.5) is 13.2 Å². The summed E-state index contributed by atoms with van der Waals surface area (Å²) in [5.41, 5.74) is -4.05. The van der Waals surface area contributed by atoms with E-state index >= 15 is 0 Å². The fraction of sp³-hybridized carbons (Fsp3) is 0.440. The van der Waals surface area contributed by atoms with Gasteiger partial charge in [-0.05, 0) is 49.8 Å². The molecule has 2 N–H and O–H groups in total. The molecule has 0 unspecified atom stereocenters. The third-order valence-electron chi connectivity index (χ3n) is 6.26. The van der Waals surface area contributed by atoms with Crippen molar-refractivity contribution in [3.63, 3.8) is 0 Å². The maximum Gasteiger partial charge on any atom is 0.430 e. The van der Waals surface area contributed by atoms with Gasteiger partial charge in [0.2, 0.25) is 0 Å². The number of unbranched alkanes of at least 4 members (excludes halogenated alkanes) is 1. The number of rotatable bonds is 9. The first-order chi connectivity index (χ1) is 16.5. The van der Waals surface area contributed by atoms with E-state index in [1.165, 1.54) is 30.3 Å². The third kappa shape index (κ3) is 6.27. The molecular weight excluding hydrogens is 487 g/mol. The van der Waals surface area contributed by atoms with Crippen LogP contribution < -0.4 is 4.74 Å². The van der Waals surface area contributed by atoms with Crippen molar-refractivity contribution in [2.24, 2.45) is 5.92 Å². The van der Waals surface area contributed by atoms with E-state index in [2.05, 4.69) is 0 Å². The highest BCUT2D eigenvalue weighted by atomic mass is 35.5. The zero-order chi connectivity index (χ0) is 25.6. The molecule has 3 rings (SSSR count). The van der Waals surface area contributed by atoms with Gasteiger partial charge in [0.1, 0.15) is 5.75 Å². The van der Waals surface area contributed by atoms with E-state index in [0.717, 1.165) is 36.3 Å². The topological polar surface area (TPSA) is 87.1 Å². The average molecular weight is 514 g/mol. The van der Waals surface area contributed by atoms with Crippen LogP contribution in [0.25, 0.3) is 0 Å². The smallest absolute Gasteiger partial charge is 0.430 e. The van der Waals surface area contributed by atoms with Crippen LogP contribution in [0.5, 0.6) is 5.75 Å². The lowest BCUT2D eigenvalue weighted by Crippen LogP contribution is -2.57. The van der Waals surface area contributed by atoms with Gasteiger partial charge in [-0.1, -0.05) is 48.4 Å². The van der Waals surface area contributed by atoms with Crippen molar-refractivity contribution in [1.29, 1.82) is 0 Å². The zero-order valence-electron chi connectivity index (χ0n) is 18.9. The van der Waals surface area contributed by atoms with E-state index in [1.54, 1.807) is 6.07 Å². The largest absolute Gasteiger partial charge is 0.494 e. The monoisotopic (exact) mass is 513 g/mol. The minimum absolute atomic E-state index is 0.00119. The summed E-state index contributed by atoms with van der Waals surface area (Å²) >= 11 is 5.92. The first-order valence-electron chi connectivity index (χ1n) is 11.3. The van der Waals surface area contributed by atoms with Gasteiger partial charge in [0.05, 0.1) is 17.2 Å². The maximum atomic E-state index is 13.8. The molecule has 0 saturated carbocycles. The number of piperidine rings is 1. The standard InChI is InChI=1S/C25H27ClF3NO5/c26-21-16-19(9-10-20(21)22(31)32)35-15-5-4-6-17-11-13-30(14-12-17)23(33)24(34,25(27,28)29)18-7-2-1-3-8-18/h1-3,7-10,16-17,34H,4-6,11-15H2,(H,31,32)/t24-/m1/s1. The molecule has 1 atom stereocenters. The van der Waals surface area contributed by atoms with Gasteiger partial charge < -0.3 is 19.8 Å². The van der Waals surface area contributed by atoms with Gasteiger partial charge >= 0.3 is 12.1 Å². The summed E-state index contributed by atoms with van der Waals surface area (Å²) < 4.78 is 46.9. The molecule has 1 fully saturated rings. The molecule has 1 saturated heterocycles. The fourth-order valence-corrected chi connectivity index (χ4v) is 4.48. The summed E-state index contributed by atoms with van der Waals surface area (Å²) in [6.45, 7) is 0.717. The number of hydrogen-bond donors (Lipinski definition) is 2. The van der Waals surface area contributed by atoms with Crippen molar-refractivity contribution < 1.29 is 37.7 Å². The molecule has 10 heteroatoms. The van der Waals surface area contributed by atoms with Gasteiger partial charge in [0, 0.05) is 18.7 Å². The lowest BCUT2D eigenvalue weighted by atomic mass is 9.88. The number of carboxylic acid groups (broad SMARTS) is 1. The Labute approximate surface area is 206 Å². The van der Waals surface area contributed by atoms with Crippen molar-refractivity contribution >= 4 is 23.5 Å². The number of carboxylic acids is 1. The first-order valence-corrected chi connectivity index (χ1v) is 11.7. The van der Waals surface area contributed by atoms with Crippen LogP contribution in [0.15, 0.2) is 48.5 Å². The Morgan fingerprint density at radius 2 is 1.71 bits per heavy atom. The van der Waals surface area contributed by atoms with E-state index in [4.69, 9.17) is 21.4 Å². The number of halogens is 4. The molecule has 190 valence electrons. The summed E-state index contributed by atoms with van der Waals surface area (Å²) in [6.07, 6.45) is -1.62. The number of nitrogens with zero attached hydrogens (tertiary/aromatic N) is 1. The Morgan fingerprint density at radius 3 is 2.29 bits per heavy atom. The molecule has 0 radical (unpaired) electrons. The highest BCUT2D eigenvalue weighted by molar-refractivity contribution is 6.33. The van der Waals surface area contributed by atoms with E-state index < -0.39 is 29.2 Å². The van der Waals surface area contributed by atoms with Crippen LogP contribution >= 0.6 is 11.6 Å². The van der Waals surface area contributed by atoms with Crippen LogP contribution in [0.1, 0.15) is 48.0 Å². The molecular formula is C25H27ClF3NO5. The van der Waals surface area contributed by atoms with Gasteiger partial charge in [-0.2, -0.15) is 13.2 Å². The Balaban J connectivity index is 1.45. The highest BCUT2D eigenvalue weighted by Crippen LogP contribution is 2.41. The lowest BCUT2D eigenvalue weighted by Gasteiger charge is -2.38.